The Hall–Kier alpha value is -0.160. The van der Waals surface area contributed by atoms with Gasteiger partial charge in [0.05, 0.1) is 25.2 Å². The molecule has 1 saturated heterocycles. The first kappa shape index (κ1) is 9.40. The summed E-state index contributed by atoms with van der Waals surface area (Å²) in [6.07, 6.45) is 3.26. The molecule has 1 saturated carbocycles. The van der Waals surface area contributed by atoms with Gasteiger partial charge in [-0.15, -0.1) is 0 Å². The van der Waals surface area contributed by atoms with Gasteiger partial charge in [-0.1, -0.05) is 0 Å². The first-order chi connectivity index (χ1) is 6.21. The molecule has 0 radical (unpaired) electrons. The van der Waals surface area contributed by atoms with Gasteiger partial charge >= 0.3 is 0 Å². The predicted molar refractivity (Wildman–Crippen MR) is 49.6 cm³/mol. The van der Waals surface area contributed by atoms with Crippen LogP contribution in [0.3, 0.4) is 0 Å². The molecule has 2 N–H and O–H groups in total. The van der Waals surface area contributed by atoms with Crippen molar-refractivity contribution < 1.29 is 9.75 Å². The number of quaternary nitrogens is 1. The van der Waals surface area contributed by atoms with Crippen LogP contribution in [0.1, 0.15) is 25.7 Å². The quantitative estimate of drug-likeness (QED) is 0.453. The molecule has 4 heteroatoms. The topological polar surface area (TPSA) is 55.3 Å². The van der Waals surface area contributed by atoms with Crippen LogP contribution in [0.2, 0.25) is 0 Å². The summed E-state index contributed by atoms with van der Waals surface area (Å²) in [5.74, 6) is 0. The molecule has 0 amide bonds. The van der Waals surface area contributed by atoms with E-state index in [0.29, 0.717) is 13.2 Å². The second kappa shape index (κ2) is 3.53. The molecule has 1 heterocycles. The van der Waals surface area contributed by atoms with Crippen molar-refractivity contribution in [3.05, 3.63) is 5.21 Å². The first-order valence-corrected chi connectivity index (χ1v) is 5.17. The summed E-state index contributed by atoms with van der Waals surface area (Å²) in [5, 5.41) is 24.6. The van der Waals surface area contributed by atoms with Crippen molar-refractivity contribution in [2.75, 3.05) is 19.8 Å². The number of aliphatic hydroxyl groups excluding tert-OH is 1. The maximum Gasteiger partial charge on any atom is 0.132 e. The molecule has 13 heavy (non-hydrogen) atoms. The van der Waals surface area contributed by atoms with Gasteiger partial charge in [0.2, 0.25) is 0 Å². The Morgan fingerprint density at radius 3 is 2.46 bits per heavy atom. The maximum absolute atomic E-state index is 12.2. The van der Waals surface area contributed by atoms with Crippen LogP contribution in [-0.2, 0) is 0 Å². The molecule has 0 aromatic heterocycles. The minimum Gasteiger partial charge on any atom is -0.632 e. The van der Waals surface area contributed by atoms with Gasteiger partial charge < -0.3 is 15.0 Å². The van der Waals surface area contributed by atoms with Crippen LogP contribution in [0.25, 0.3) is 0 Å². The van der Waals surface area contributed by atoms with E-state index in [1.165, 1.54) is 0 Å². The normalized spacial score (nSPS) is 46.6. The summed E-state index contributed by atoms with van der Waals surface area (Å²) in [5.41, 5.74) is 0. The molecule has 0 bridgehead atoms. The molecule has 0 spiro atoms. The van der Waals surface area contributed by atoms with Crippen molar-refractivity contribution in [3.63, 3.8) is 0 Å². The zero-order valence-electron chi connectivity index (χ0n) is 7.91. The van der Waals surface area contributed by atoms with Crippen molar-refractivity contribution in [1.29, 1.82) is 0 Å². The number of hydrogen-bond acceptors (Lipinski definition) is 3. The molecule has 2 rings (SSSR count). The highest BCUT2D eigenvalue weighted by molar-refractivity contribution is 4.74. The van der Waals surface area contributed by atoms with Crippen LogP contribution < -0.4 is 5.32 Å². The first-order valence-electron chi connectivity index (χ1n) is 5.17. The summed E-state index contributed by atoms with van der Waals surface area (Å²) in [7, 11) is 0. The van der Waals surface area contributed by atoms with Gasteiger partial charge in [-0.2, -0.15) is 0 Å². The molecule has 0 aromatic rings. The van der Waals surface area contributed by atoms with E-state index in [4.69, 9.17) is 0 Å². The Bertz CT molecular complexity index is 172. The summed E-state index contributed by atoms with van der Waals surface area (Å²) in [4.78, 5) is 0. The standard InChI is InChI=1S/C9H18N2O2/c12-9-3-1-8(2-4-9)11(13)6-5-10-7-11/h8-10,12H,1-7H2. The lowest BCUT2D eigenvalue weighted by Gasteiger charge is -2.46. The Labute approximate surface area is 78.7 Å². The van der Waals surface area contributed by atoms with E-state index in [9.17, 15) is 10.3 Å². The third-order valence-electron chi connectivity index (χ3n) is 3.38. The van der Waals surface area contributed by atoms with Crippen LogP contribution in [0.15, 0.2) is 0 Å². The van der Waals surface area contributed by atoms with Crippen molar-refractivity contribution >= 4 is 0 Å². The van der Waals surface area contributed by atoms with E-state index < -0.39 is 0 Å². The number of aliphatic hydroxyl groups is 1. The fourth-order valence-electron chi connectivity index (χ4n) is 2.46. The molecule has 0 aromatic carbocycles. The summed E-state index contributed by atoms with van der Waals surface area (Å²) >= 11 is 0. The lowest BCUT2D eigenvalue weighted by Crippen LogP contribution is -2.51. The molecule has 2 fully saturated rings. The molecule has 1 unspecified atom stereocenters. The van der Waals surface area contributed by atoms with Gasteiger partial charge in [-0.05, 0) is 12.8 Å². The minimum absolute atomic E-state index is 0.0628. The number of rotatable bonds is 1. The van der Waals surface area contributed by atoms with Gasteiger partial charge in [0.1, 0.15) is 6.67 Å². The van der Waals surface area contributed by atoms with E-state index in [-0.39, 0.29) is 16.8 Å². The lowest BCUT2D eigenvalue weighted by molar-refractivity contribution is -0.895. The van der Waals surface area contributed by atoms with Crippen LogP contribution >= 0.6 is 0 Å². The highest BCUT2D eigenvalue weighted by atomic mass is 16.6. The highest BCUT2D eigenvalue weighted by Crippen LogP contribution is 2.28. The van der Waals surface area contributed by atoms with Crippen LogP contribution in [0.5, 0.6) is 0 Å². The smallest absolute Gasteiger partial charge is 0.132 e. The van der Waals surface area contributed by atoms with E-state index in [0.717, 1.165) is 32.2 Å². The van der Waals surface area contributed by atoms with Gasteiger partial charge in [-0.25, -0.2) is 0 Å². The third kappa shape index (κ3) is 1.86. The van der Waals surface area contributed by atoms with Crippen molar-refractivity contribution in [1.82, 2.24) is 5.32 Å². The Kier molecular flexibility index (Phi) is 2.55. The lowest BCUT2D eigenvalue weighted by atomic mass is 9.92. The van der Waals surface area contributed by atoms with E-state index in [2.05, 4.69) is 5.32 Å². The van der Waals surface area contributed by atoms with Gasteiger partial charge in [0.25, 0.3) is 0 Å². The average molecular weight is 186 g/mol. The average Bonchev–Trinajstić information content (AvgIpc) is 2.54. The Morgan fingerprint density at radius 1 is 1.23 bits per heavy atom. The fraction of sp³-hybridized carbons (Fsp3) is 1.00. The van der Waals surface area contributed by atoms with Crippen LogP contribution in [-0.4, -0.2) is 41.7 Å². The van der Waals surface area contributed by atoms with E-state index in [1.54, 1.807) is 0 Å². The zero-order chi connectivity index (χ0) is 9.31. The molecule has 76 valence electrons. The molecule has 1 atom stereocenters. The Morgan fingerprint density at radius 2 is 1.92 bits per heavy atom. The molecular formula is C9H18N2O2. The van der Waals surface area contributed by atoms with Gasteiger partial charge in [0.15, 0.2) is 0 Å². The fourth-order valence-corrected chi connectivity index (χ4v) is 2.46. The molecule has 1 aliphatic carbocycles. The van der Waals surface area contributed by atoms with Crippen LogP contribution in [0, 0.1) is 5.21 Å². The number of hydroxylamine groups is 3. The number of nitrogens with zero attached hydrogens (tertiary/aromatic N) is 1. The SMILES string of the molecule is [O-][N+]1(C2CCC(O)CC2)CCNC1. The Balaban J connectivity index is 1.93. The summed E-state index contributed by atoms with van der Waals surface area (Å²) in [6, 6.07) is 0.235. The largest absolute Gasteiger partial charge is 0.632 e. The number of nitrogens with one attached hydrogen (secondary N) is 1. The second-order valence-electron chi connectivity index (χ2n) is 4.30. The summed E-state index contributed by atoms with van der Waals surface area (Å²) in [6.45, 7) is 2.13. The van der Waals surface area contributed by atoms with E-state index >= 15 is 0 Å². The summed E-state index contributed by atoms with van der Waals surface area (Å²) < 4.78 is -0.0628. The van der Waals surface area contributed by atoms with E-state index in [1.807, 2.05) is 0 Å². The second-order valence-corrected chi connectivity index (χ2v) is 4.30. The third-order valence-corrected chi connectivity index (χ3v) is 3.38. The molecule has 1 aliphatic heterocycles. The highest BCUT2D eigenvalue weighted by Gasteiger charge is 2.34. The van der Waals surface area contributed by atoms with Gasteiger partial charge in [0, 0.05) is 12.8 Å². The van der Waals surface area contributed by atoms with Crippen molar-refractivity contribution in [2.45, 2.75) is 37.8 Å². The van der Waals surface area contributed by atoms with Crippen LogP contribution in [0.4, 0.5) is 0 Å². The maximum atomic E-state index is 12.2. The zero-order valence-corrected chi connectivity index (χ0v) is 7.91. The van der Waals surface area contributed by atoms with Gasteiger partial charge in [-0.3, -0.25) is 5.32 Å². The van der Waals surface area contributed by atoms with Crippen molar-refractivity contribution in [3.8, 4) is 0 Å². The molecule has 2 aliphatic rings. The minimum atomic E-state index is -0.154. The monoisotopic (exact) mass is 186 g/mol. The van der Waals surface area contributed by atoms with Crippen molar-refractivity contribution in [2.24, 2.45) is 0 Å². The number of hydrogen-bond donors (Lipinski definition) is 2. The molecule has 4 nitrogen and oxygen atoms in total. The molecular weight excluding hydrogens is 168 g/mol. The predicted octanol–water partition coefficient (Wildman–Crippen LogP) is 0.165.